The van der Waals surface area contributed by atoms with Crippen molar-refractivity contribution in [1.29, 1.82) is 0 Å². The van der Waals surface area contributed by atoms with Crippen LogP contribution >= 0.6 is 0 Å². The molecule has 1 saturated heterocycles. The lowest BCUT2D eigenvalue weighted by atomic mass is 9.98. The van der Waals surface area contributed by atoms with Gasteiger partial charge >= 0.3 is 0 Å². The molecule has 172 valence electrons. The summed E-state index contributed by atoms with van der Waals surface area (Å²) < 4.78 is 40.6. The summed E-state index contributed by atoms with van der Waals surface area (Å²) in [5.74, 6) is -3.92. The summed E-state index contributed by atoms with van der Waals surface area (Å²) in [7, 11) is 0. The Morgan fingerprint density at radius 1 is 1.16 bits per heavy atom. The van der Waals surface area contributed by atoms with Gasteiger partial charge in [0.1, 0.15) is 11.9 Å². The minimum atomic E-state index is -1.28. The van der Waals surface area contributed by atoms with Crippen LogP contribution in [0.2, 0.25) is 0 Å². The first-order valence-corrected chi connectivity index (χ1v) is 10.7. The van der Waals surface area contributed by atoms with Gasteiger partial charge in [0, 0.05) is 37.5 Å². The summed E-state index contributed by atoms with van der Waals surface area (Å²) in [6.07, 6.45) is 0.677. The topological polar surface area (TPSA) is 75.4 Å². The summed E-state index contributed by atoms with van der Waals surface area (Å²) in [6, 6.07) is 7.32. The zero-order valence-electron chi connectivity index (χ0n) is 18.2. The summed E-state index contributed by atoms with van der Waals surface area (Å²) >= 11 is 0. The molecule has 0 saturated carbocycles. The molecule has 0 unspecified atom stereocenters. The number of amides is 2. The largest absolute Gasteiger partial charge is 0.352 e. The van der Waals surface area contributed by atoms with Crippen molar-refractivity contribution in [3.63, 3.8) is 0 Å². The molecule has 32 heavy (non-hydrogen) atoms. The van der Waals surface area contributed by atoms with Crippen molar-refractivity contribution in [1.82, 2.24) is 10.2 Å². The van der Waals surface area contributed by atoms with Crippen LogP contribution in [0, 0.1) is 24.4 Å². The van der Waals surface area contributed by atoms with Gasteiger partial charge in [-0.3, -0.25) is 9.59 Å². The molecule has 0 bridgehead atoms. The maximum absolute atomic E-state index is 14.0. The fourth-order valence-electron chi connectivity index (χ4n) is 4.01. The van der Waals surface area contributed by atoms with Gasteiger partial charge in [-0.05, 0) is 49.4 Å². The second-order valence-electron chi connectivity index (χ2n) is 8.46. The van der Waals surface area contributed by atoms with Gasteiger partial charge in [0.2, 0.25) is 11.8 Å². The van der Waals surface area contributed by atoms with Crippen LogP contribution in [0.15, 0.2) is 36.4 Å². The molecule has 2 amide bonds. The van der Waals surface area contributed by atoms with Crippen LogP contribution in [-0.2, 0) is 22.4 Å². The third kappa shape index (κ3) is 5.68. The Kier molecular flexibility index (Phi) is 7.56. The molecule has 0 spiro atoms. The zero-order valence-corrected chi connectivity index (χ0v) is 18.2. The number of hydrogen-bond acceptors (Lipinski definition) is 3. The highest BCUT2D eigenvalue weighted by atomic mass is 19.2. The van der Waals surface area contributed by atoms with Crippen LogP contribution in [0.5, 0.6) is 0 Å². The second-order valence-corrected chi connectivity index (χ2v) is 8.46. The Bertz CT molecular complexity index is 998. The fourth-order valence-corrected chi connectivity index (χ4v) is 4.01. The normalized spacial score (nSPS) is 19.9. The molecule has 1 fully saturated rings. The van der Waals surface area contributed by atoms with Gasteiger partial charge in [0.25, 0.3) is 0 Å². The van der Waals surface area contributed by atoms with Crippen LogP contribution in [0.25, 0.3) is 0 Å². The van der Waals surface area contributed by atoms with Crippen LogP contribution in [0.4, 0.5) is 13.2 Å². The molecule has 1 aliphatic rings. The summed E-state index contributed by atoms with van der Waals surface area (Å²) in [6.45, 7) is 4.21. The number of hydrogen-bond donors (Lipinski definition) is 2. The number of halogens is 3. The lowest BCUT2D eigenvalue weighted by molar-refractivity contribution is -0.139. The quantitative estimate of drug-likeness (QED) is 0.669. The molecular formula is C24H28F3N3O2. The molecular weight excluding hydrogens is 419 g/mol. The van der Waals surface area contributed by atoms with Crippen molar-refractivity contribution in [3.8, 4) is 0 Å². The van der Waals surface area contributed by atoms with E-state index in [2.05, 4.69) is 5.32 Å². The van der Waals surface area contributed by atoms with Crippen molar-refractivity contribution in [2.75, 3.05) is 6.54 Å². The first kappa shape index (κ1) is 23.8. The van der Waals surface area contributed by atoms with Gasteiger partial charge < -0.3 is 16.0 Å². The number of carbonyl (C=O) groups excluding carboxylic acids is 2. The Morgan fingerprint density at radius 2 is 1.84 bits per heavy atom. The third-order valence-electron chi connectivity index (χ3n) is 5.87. The molecule has 0 radical (unpaired) electrons. The number of nitrogens with one attached hydrogen (secondary N) is 1. The molecule has 1 heterocycles. The summed E-state index contributed by atoms with van der Waals surface area (Å²) in [5, 5.41) is 2.94. The Balaban J connectivity index is 1.76. The Hall–Kier alpha value is -2.87. The van der Waals surface area contributed by atoms with Gasteiger partial charge in [-0.1, -0.05) is 24.3 Å². The lowest BCUT2D eigenvalue weighted by Gasteiger charge is -2.30. The van der Waals surface area contributed by atoms with E-state index in [0.29, 0.717) is 25.5 Å². The maximum Gasteiger partial charge on any atom is 0.243 e. The first-order chi connectivity index (χ1) is 15.2. The Labute approximate surface area is 185 Å². The van der Waals surface area contributed by atoms with Crippen LogP contribution in [0.1, 0.15) is 36.5 Å². The molecule has 5 nitrogen and oxygen atoms in total. The number of benzene rings is 2. The predicted molar refractivity (Wildman–Crippen MR) is 115 cm³/mol. The smallest absolute Gasteiger partial charge is 0.243 e. The van der Waals surface area contributed by atoms with Gasteiger partial charge in [-0.15, -0.1) is 0 Å². The molecule has 8 heteroatoms. The van der Waals surface area contributed by atoms with Crippen LogP contribution in [-0.4, -0.2) is 41.4 Å². The van der Waals surface area contributed by atoms with Gasteiger partial charge in [0.15, 0.2) is 11.6 Å². The van der Waals surface area contributed by atoms with Gasteiger partial charge in [-0.2, -0.15) is 0 Å². The average molecular weight is 448 g/mol. The SMILES string of the molecule is Cc1ccccc1C[C@@H]1C(=O)N[C@H](C)CCN1C(=O)C[C@H](N)Cc1cc(F)c(F)cc1F. The highest BCUT2D eigenvalue weighted by molar-refractivity contribution is 5.88. The molecule has 2 aromatic carbocycles. The third-order valence-corrected chi connectivity index (χ3v) is 5.87. The molecule has 3 N–H and O–H groups in total. The monoisotopic (exact) mass is 447 g/mol. The number of nitrogens with zero attached hydrogens (tertiary/aromatic N) is 1. The second kappa shape index (κ2) is 10.2. The van der Waals surface area contributed by atoms with E-state index in [1.54, 1.807) is 0 Å². The molecule has 3 rings (SSSR count). The van der Waals surface area contributed by atoms with E-state index >= 15 is 0 Å². The number of carbonyl (C=O) groups is 2. The molecule has 2 aromatic rings. The van der Waals surface area contributed by atoms with Crippen molar-refractivity contribution in [2.45, 2.75) is 57.7 Å². The highest BCUT2D eigenvalue weighted by Crippen LogP contribution is 2.20. The number of aryl methyl sites for hydroxylation is 1. The number of rotatable bonds is 6. The molecule has 1 aliphatic heterocycles. The zero-order chi connectivity index (χ0) is 23.4. The minimum absolute atomic E-state index is 0.0790. The predicted octanol–water partition coefficient (Wildman–Crippen LogP) is 3.02. The van der Waals surface area contributed by atoms with Crippen LogP contribution < -0.4 is 11.1 Å². The lowest BCUT2D eigenvalue weighted by Crippen LogP contribution is -2.50. The summed E-state index contributed by atoms with van der Waals surface area (Å²) in [4.78, 5) is 27.6. The summed E-state index contributed by atoms with van der Waals surface area (Å²) in [5.41, 5.74) is 7.96. The fraction of sp³-hybridized carbons (Fsp3) is 0.417. The van der Waals surface area contributed by atoms with E-state index in [1.165, 1.54) is 4.90 Å². The van der Waals surface area contributed by atoms with Crippen molar-refractivity contribution in [2.24, 2.45) is 5.73 Å². The maximum atomic E-state index is 14.0. The molecule has 0 aliphatic carbocycles. The van der Waals surface area contributed by atoms with Crippen molar-refractivity contribution >= 4 is 11.8 Å². The Morgan fingerprint density at radius 3 is 2.56 bits per heavy atom. The first-order valence-electron chi connectivity index (χ1n) is 10.7. The standard InChI is InChI=1S/C24H28F3N3O2/c1-14-5-3-4-6-16(14)11-22-24(32)29-15(2)7-8-30(22)23(31)12-18(28)9-17-10-20(26)21(27)13-19(17)25/h3-6,10,13,15,18,22H,7-9,11-12,28H2,1-2H3,(H,29,32)/t15-,18-,22-/m1/s1. The van der Waals surface area contributed by atoms with E-state index in [9.17, 15) is 22.8 Å². The van der Waals surface area contributed by atoms with Gasteiger partial charge in [0.05, 0.1) is 0 Å². The molecule has 0 aromatic heterocycles. The minimum Gasteiger partial charge on any atom is -0.352 e. The van der Waals surface area contributed by atoms with E-state index in [0.717, 1.165) is 17.2 Å². The van der Waals surface area contributed by atoms with Gasteiger partial charge in [-0.25, -0.2) is 13.2 Å². The van der Waals surface area contributed by atoms with Crippen LogP contribution in [0.3, 0.4) is 0 Å². The van der Waals surface area contributed by atoms with Crippen molar-refractivity contribution in [3.05, 3.63) is 70.5 Å². The average Bonchev–Trinajstić information content (AvgIpc) is 2.85. The number of nitrogens with two attached hydrogens (primary N) is 1. The highest BCUT2D eigenvalue weighted by Gasteiger charge is 2.34. The van der Waals surface area contributed by atoms with E-state index in [-0.39, 0.29) is 36.3 Å². The van der Waals surface area contributed by atoms with E-state index in [4.69, 9.17) is 5.73 Å². The molecule has 3 atom stereocenters. The van der Waals surface area contributed by atoms with E-state index in [1.807, 2.05) is 38.1 Å². The van der Waals surface area contributed by atoms with E-state index < -0.39 is 29.5 Å². The van der Waals surface area contributed by atoms with Crippen molar-refractivity contribution < 1.29 is 22.8 Å².